The molecule has 0 aliphatic carbocycles. The lowest BCUT2D eigenvalue weighted by Crippen LogP contribution is -2.40. The standard InChI is InChI=1S/C16H22BrNO/c17-14-5-1-3-12(9-14)16-10-18-7-6-15(16)13-4-2-8-19-11-13/h1,3,5,9,13,15-16,18H,2,4,6-8,10-11H2. The number of hydrogen-bond donors (Lipinski definition) is 1. The predicted octanol–water partition coefficient (Wildman–Crippen LogP) is 3.57. The van der Waals surface area contributed by atoms with Gasteiger partial charge in [0.05, 0.1) is 0 Å². The Kier molecular flexibility index (Phi) is 4.57. The molecular formula is C16H22BrNO. The zero-order valence-corrected chi connectivity index (χ0v) is 12.9. The van der Waals surface area contributed by atoms with Crippen molar-refractivity contribution in [1.29, 1.82) is 0 Å². The van der Waals surface area contributed by atoms with Crippen LogP contribution in [0.15, 0.2) is 28.7 Å². The molecule has 3 unspecified atom stereocenters. The van der Waals surface area contributed by atoms with Gasteiger partial charge in [-0.15, -0.1) is 0 Å². The SMILES string of the molecule is Brc1cccc(C2CNCCC2C2CCCOC2)c1. The average Bonchev–Trinajstić information content (AvgIpc) is 2.48. The largest absolute Gasteiger partial charge is 0.381 e. The Labute approximate surface area is 124 Å². The molecule has 2 fully saturated rings. The van der Waals surface area contributed by atoms with Crippen LogP contribution in [0, 0.1) is 11.8 Å². The van der Waals surface area contributed by atoms with Gasteiger partial charge in [-0.25, -0.2) is 0 Å². The Morgan fingerprint density at radius 2 is 2.21 bits per heavy atom. The van der Waals surface area contributed by atoms with Crippen LogP contribution in [0.25, 0.3) is 0 Å². The molecule has 0 aromatic heterocycles. The molecular weight excluding hydrogens is 302 g/mol. The van der Waals surface area contributed by atoms with Gasteiger partial charge in [-0.1, -0.05) is 28.1 Å². The normalized spacial score (nSPS) is 32.2. The highest BCUT2D eigenvalue weighted by molar-refractivity contribution is 9.10. The number of benzene rings is 1. The molecule has 2 nitrogen and oxygen atoms in total. The fraction of sp³-hybridized carbons (Fsp3) is 0.625. The first-order chi connectivity index (χ1) is 9.34. The van der Waals surface area contributed by atoms with E-state index in [2.05, 4.69) is 45.5 Å². The summed E-state index contributed by atoms with van der Waals surface area (Å²) >= 11 is 3.60. The molecule has 3 atom stereocenters. The van der Waals surface area contributed by atoms with Gasteiger partial charge < -0.3 is 10.1 Å². The first kappa shape index (κ1) is 13.6. The molecule has 104 valence electrons. The molecule has 2 aliphatic heterocycles. The Balaban J connectivity index is 1.80. The van der Waals surface area contributed by atoms with E-state index in [0.29, 0.717) is 5.92 Å². The van der Waals surface area contributed by atoms with Crippen LogP contribution in [0.4, 0.5) is 0 Å². The van der Waals surface area contributed by atoms with Crippen LogP contribution in [0.3, 0.4) is 0 Å². The van der Waals surface area contributed by atoms with Crippen molar-refractivity contribution in [2.75, 3.05) is 26.3 Å². The van der Waals surface area contributed by atoms with E-state index in [-0.39, 0.29) is 0 Å². The third kappa shape index (κ3) is 3.21. The second-order valence-electron chi connectivity index (χ2n) is 5.80. The first-order valence-corrected chi connectivity index (χ1v) is 8.18. The molecule has 2 saturated heterocycles. The minimum absolute atomic E-state index is 0.637. The third-order valence-electron chi connectivity index (χ3n) is 4.61. The highest BCUT2D eigenvalue weighted by Crippen LogP contribution is 2.38. The minimum atomic E-state index is 0.637. The second-order valence-corrected chi connectivity index (χ2v) is 6.71. The van der Waals surface area contributed by atoms with Crippen LogP contribution >= 0.6 is 15.9 Å². The lowest BCUT2D eigenvalue weighted by molar-refractivity contribution is 0.0185. The van der Waals surface area contributed by atoms with Gasteiger partial charge in [-0.05, 0) is 61.3 Å². The van der Waals surface area contributed by atoms with Crippen molar-refractivity contribution in [3.05, 3.63) is 34.3 Å². The average molecular weight is 324 g/mol. The van der Waals surface area contributed by atoms with Crippen molar-refractivity contribution in [3.63, 3.8) is 0 Å². The number of rotatable bonds is 2. The van der Waals surface area contributed by atoms with E-state index in [0.717, 1.165) is 38.1 Å². The summed E-state index contributed by atoms with van der Waals surface area (Å²) in [6.07, 6.45) is 3.86. The number of piperidine rings is 1. The second kappa shape index (κ2) is 6.38. The van der Waals surface area contributed by atoms with E-state index in [9.17, 15) is 0 Å². The van der Waals surface area contributed by atoms with E-state index in [1.807, 2.05) is 0 Å². The lowest BCUT2D eigenvalue weighted by atomic mass is 9.72. The van der Waals surface area contributed by atoms with Crippen LogP contribution in [-0.2, 0) is 4.74 Å². The zero-order valence-electron chi connectivity index (χ0n) is 11.3. The molecule has 2 aliphatic rings. The Morgan fingerprint density at radius 1 is 1.26 bits per heavy atom. The maximum absolute atomic E-state index is 5.71. The summed E-state index contributed by atoms with van der Waals surface area (Å²) in [6, 6.07) is 8.83. The van der Waals surface area contributed by atoms with Crippen LogP contribution < -0.4 is 5.32 Å². The van der Waals surface area contributed by atoms with Gasteiger partial charge in [-0.2, -0.15) is 0 Å². The van der Waals surface area contributed by atoms with Gasteiger partial charge in [0.2, 0.25) is 0 Å². The molecule has 19 heavy (non-hydrogen) atoms. The molecule has 0 amide bonds. The van der Waals surface area contributed by atoms with E-state index in [4.69, 9.17) is 4.74 Å². The molecule has 1 aromatic carbocycles. The van der Waals surface area contributed by atoms with E-state index >= 15 is 0 Å². The topological polar surface area (TPSA) is 21.3 Å². The fourth-order valence-corrected chi connectivity index (χ4v) is 4.07. The van der Waals surface area contributed by atoms with Crippen molar-refractivity contribution >= 4 is 15.9 Å². The molecule has 3 rings (SSSR count). The number of ether oxygens (including phenoxy) is 1. The van der Waals surface area contributed by atoms with Crippen molar-refractivity contribution in [2.24, 2.45) is 11.8 Å². The Bertz CT molecular complexity index is 417. The molecule has 0 spiro atoms. The Morgan fingerprint density at radius 3 is 3.00 bits per heavy atom. The van der Waals surface area contributed by atoms with E-state index in [1.54, 1.807) is 0 Å². The number of nitrogens with one attached hydrogen (secondary N) is 1. The molecule has 0 bridgehead atoms. The number of halogens is 1. The summed E-state index contributed by atoms with van der Waals surface area (Å²) in [5.74, 6) is 2.16. The van der Waals surface area contributed by atoms with Gasteiger partial charge in [-0.3, -0.25) is 0 Å². The summed E-state index contributed by atoms with van der Waals surface area (Å²) in [7, 11) is 0. The minimum Gasteiger partial charge on any atom is -0.381 e. The van der Waals surface area contributed by atoms with Gasteiger partial charge in [0.15, 0.2) is 0 Å². The summed E-state index contributed by atoms with van der Waals surface area (Å²) < 4.78 is 6.90. The van der Waals surface area contributed by atoms with Crippen LogP contribution in [0.5, 0.6) is 0 Å². The summed E-state index contributed by atoms with van der Waals surface area (Å²) in [5, 5.41) is 3.57. The van der Waals surface area contributed by atoms with E-state index in [1.165, 1.54) is 29.3 Å². The predicted molar refractivity (Wildman–Crippen MR) is 81.4 cm³/mol. The van der Waals surface area contributed by atoms with Crippen molar-refractivity contribution in [1.82, 2.24) is 5.32 Å². The van der Waals surface area contributed by atoms with E-state index < -0.39 is 0 Å². The Hall–Kier alpha value is -0.380. The van der Waals surface area contributed by atoms with Crippen LogP contribution in [0.2, 0.25) is 0 Å². The maximum atomic E-state index is 5.71. The quantitative estimate of drug-likeness (QED) is 0.898. The monoisotopic (exact) mass is 323 g/mol. The highest BCUT2D eigenvalue weighted by atomic mass is 79.9. The maximum Gasteiger partial charge on any atom is 0.0497 e. The van der Waals surface area contributed by atoms with Crippen molar-refractivity contribution in [3.8, 4) is 0 Å². The molecule has 1 aromatic rings. The van der Waals surface area contributed by atoms with Crippen molar-refractivity contribution in [2.45, 2.75) is 25.2 Å². The molecule has 0 radical (unpaired) electrons. The van der Waals surface area contributed by atoms with Gasteiger partial charge in [0.1, 0.15) is 0 Å². The first-order valence-electron chi connectivity index (χ1n) is 7.38. The highest BCUT2D eigenvalue weighted by Gasteiger charge is 2.33. The molecule has 2 heterocycles. The number of hydrogen-bond acceptors (Lipinski definition) is 2. The van der Waals surface area contributed by atoms with Gasteiger partial charge >= 0.3 is 0 Å². The van der Waals surface area contributed by atoms with Gasteiger partial charge in [0, 0.05) is 24.2 Å². The van der Waals surface area contributed by atoms with Crippen LogP contribution in [-0.4, -0.2) is 26.3 Å². The van der Waals surface area contributed by atoms with Gasteiger partial charge in [0.25, 0.3) is 0 Å². The smallest absolute Gasteiger partial charge is 0.0497 e. The molecule has 1 N–H and O–H groups in total. The summed E-state index contributed by atoms with van der Waals surface area (Å²) in [4.78, 5) is 0. The molecule has 3 heteroatoms. The lowest BCUT2D eigenvalue weighted by Gasteiger charge is -2.39. The third-order valence-corrected chi connectivity index (χ3v) is 5.11. The zero-order chi connectivity index (χ0) is 13.1. The fourth-order valence-electron chi connectivity index (χ4n) is 3.65. The summed E-state index contributed by atoms with van der Waals surface area (Å²) in [5.41, 5.74) is 1.47. The van der Waals surface area contributed by atoms with Crippen molar-refractivity contribution < 1.29 is 4.74 Å². The summed E-state index contributed by atoms with van der Waals surface area (Å²) in [6.45, 7) is 4.20. The van der Waals surface area contributed by atoms with Crippen LogP contribution in [0.1, 0.15) is 30.7 Å². The molecule has 0 saturated carbocycles.